The molecule has 0 bridgehead atoms. The molecule has 0 aliphatic carbocycles. The standard InChI is InChI=1S/C17H17NO2/c1-12-9-10-16(19-12)17(11-18)20-15-8-4-6-13-5-2-3-7-14(13)15/h2-10,17H,11,18H2,1H3. The van der Waals surface area contributed by atoms with Crippen molar-refractivity contribution in [2.45, 2.75) is 13.0 Å². The normalized spacial score (nSPS) is 12.5. The molecule has 0 aliphatic heterocycles. The maximum Gasteiger partial charge on any atom is 0.168 e. The number of fused-ring (bicyclic) bond motifs is 1. The molecule has 0 spiro atoms. The molecule has 1 atom stereocenters. The molecule has 3 rings (SSSR count). The molecule has 0 radical (unpaired) electrons. The van der Waals surface area contributed by atoms with Crippen LogP contribution in [0.4, 0.5) is 0 Å². The van der Waals surface area contributed by atoms with Gasteiger partial charge in [-0.3, -0.25) is 0 Å². The van der Waals surface area contributed by atoms with E-state index in [0.29, 0.717) is 6.54 Å². The molecule has 3 nitrogen and oxygen atoms in total. The van der Waals surface area contributed by atoms with Gasteiger partial charge >= 0.3 is 0 Å². The topological polar surface area (TPSA) is 48.4 Å². The van der Waals surface area contributed by atoms with Crippen molar-refractivity contribution in [1.82, 2.24) is 0 Å². The highest BCUT2D eigenvalue weighted by Crippen LogP contribution is 2.29. The third-order valence-corrected chi connectivity index (χ3v) is 3.31. The molecule has 2 N–H and O–H groups in total. The first-order valence-electron chi connectivity index (χ1n) is 6.69. The van der Waals surface area contributed by atoms with Crippen molar-refractivity contribution >= 4 is 10.8 Å². The van der Waals surface area contributed by atoms with Crippen LogP contribution in [0.25, 0.3) is 10.8 Å². The van der Waals surface area contributed by atoms with E-state index in [1.807, 2.05) is 49.4 Å². The summed E-state index contributed by atoms with van der Waals surface area (Å²) in [6, 6.07) is 18.0. The summed E-state index contributed by atoms with van der Waals surface area (Å²) in [4.78, 5) is 0. The highest BCUT2D eigenvalue weighted by Gasteiger charge is 2.16. The van der Waals surface area contributed by atoms with Gasteiger partial charge in [0.25, 0.3) is 0 Å². The fourth-order valence-electron chi connectivity index (χ4n) is 2.30. The first-order valence-corrected chi connectivity index (χ1v) is 6.69. The van der Waals surface area contributed by atoms with Gasteiger partial charge in [-0.05, 0) is 30.5 Å². The van der Waals surface area contributed by atoms with Gasteiger partial charge in [0.2, 0.25) is 0 Å². The molecule has 0 fully saturated rings. The lowest BCUT2D eigenvalue weighted by Gasteiger charge is -2.16. The van der Waals surface area contributed by atoms with Gasteiger partial charge in [0, 0.05) is 11.9 Å². The summed E-state index contributed by atoms with van der Waals surface area (Å²) in [5, 5.41) is 2.23. The summed E-state index contributed by atoms with van der Waals surface area (Å²) in [5.74, 6) is 2.45. The predicted octanol–water partition coefficient (Wildman–Crippen LogP) is 3.82. The molecular formula is C17H17NO2. The Morgan fingerprint density at radius 3 is 2.60 bits per heavy atom. The Morgan fingerprint density at radius 2 is 1.85 bits per heavy atom. The van der Waals surface area contributed by atoms with Crippen molar-refractivity contribution in [3.8, 4) is 5.75 Å². The van der Waals surface area contributed by atoms with Gasteiger partial charge in [0.15, 0.2) is 6.10 Å². The smallest absolute Gasteiger partial charge is 0.168 e. The summed E-state index contributed by atoms with van der Waals surface area (Å²) < 4.78 is 11.7. The Morgan fingerprint density at radius 1 is 1.05 bits per heavy atom. The van der Waals surface area contributed by atoms with E-state index in [1.54, 1.807) is 0 Å². The molecule has 20 heavy (non-hydrogen) atoms. The summed E-state index contributed by atoms with van der Waals surface area (Å²) >= 11 is 0. The van der Waals surface area contributed by atoms with Crippen LogP contribution in [0.15, 0.2) is 59.0 Å². The Kier molecular flexibility index (Phi) is 3.44. The lowest BCUT2D eigenvalue weighted by Crippen LogP contribution is -2.18. The zero-order valence-corrected chi connectivity index (χ0v) is 11.4. The van der Waals surface area contributed by atoms with E-state index in [1.165, 1.54) is 0 Å². The maximum absolute atomic E-state index is 6.06. The summed E-state index contributed by atoms with van der Waals surface area (Å²) in [6.45, 7) is 2.28. The van der Waals surface area contributed by atoms with Crippen LogP contribution in [0.1, 0.15) is 17.6 Å². The van der Waals surface area contributed by atoms with Gasteiger partial charge < -0.3 is 14.9 Å². The summed E-state index contributed by atoms with van der Waals surface area (Å²) in [7, 11) is 0. The van der Waals surface area contributed by atoms with Crippen LogP contribution in [-0.2, 0) is 0 Å². The van der Waals surface area contributed by atoms with Crippen molar-refractivity contribution in [2.24, 2.45) is 5.73 Å². The van der Waals surface area contributed by atoms with Crippen LogP contribution in [-0.4, -0.2) is 6.54 Å². The van der Waals surface area contributed by atoms with Crippen LogP contribution < -0.4 is 10.5 Å². The van der Waals surface area contributed by atoms with Gasteiger partial charge in [-0.2, -0.15) is 0 Å². The van der Waals surface area contributed by atoms with Crippen molar-refractivity contribution in [2.75, 3.05) is 6.54 Å². The van der Waals surface area contributed by atoms with Crippen LogP contribution in [0, 0.1) is 6.92 Å². The fourth-order valence-corrected chi connectivity index (χ4v) is 2.30. The number of ether oxygens (including phenoxy) is 1. The molecule has 0 saturated heterocycles. The average molecular weight is 267 g/mol. The molecule has 3 heteroatoms. The van der Waals surface area contributed by atoms with Gasteiger partial charge in [-0.15, -0.1) is 0 Å². The Labute approximate surface area is 118 Å². The minimum Gasteiger partial charge on any atom is -0.480 e. The van der Waals surface area contributed by atoms with E-state index in [0.717, 1.165) is 28.0 Å². The number of rotatable bonds is 4. The Balaban J connectivity index is 1.95. The van der Waals surface area contributed by atoms with Crippen LogP contribution in [0.3, 0.4) is 0 Å². The lowest BCUT2D eigenvalue weighted by atomic mass is 10.1. The SMILES string of the molecule is Cc1ccc(C(CN)Oc2cccc3ccccc23)o1. The molecule has 2 aromatic carbocycles. The minimum absolute atomic E-state index is 0.269. The number of benzene rings is 2. The molecule has 1 heterocycles. The van der Waals surface area contributed by atoms with Crippen molar-refractivity contribution in [3.05, 3.63) is 66.1 Å². The third kappa shape index (κ3) is 2.40. The van der Waals surface area contributed by atoms with E-state index in [9.17, 15) is 0 Å². The van der Waals surface area contributed by atoms with Crippen LogP contribution in [0.5, 0.6) is 5.75 Å². The lowest BCUT2D eigenvalue weighted by molar-refractivity contribution is 0.185. The van der Waals surface area contributed by atoms with E-state index in [2.05, 4.69) is 12.1 Å². The van der Waals surface area contributed by atoms with Crippen molar-refractivity contribution < 1.29 is 9.15 Å². The van der Waals surface area contributed by atoms with Gasteiger partial charge in [-0.1, -0.05) is 36.4 Å². The zero-order chi connectivity index (χ0) is 13.9. The summed E-state index contributed by atoms with van der Waals surface area (Å²) in [6.07, 6.45) is -0.269. The van der Waals surface area contributed by atoms with E-state index in [-0.39, 0.29) is 6.10 Å². The molecule has 102 valence electrons. The third-order valence-electron chi connectivity index (χ3n) is 3.31. The molecule has 0 saturated carbocycles. The number of aryl methyl sites for hydroxylation is 1. The first kappa shape index (κ1) is 12.8. The first-order chi connectivity index (χ1) is 9.78. The Hall–Kier alpha value is -2.26. The van der Waals surface area contributed by atoms with E-state index in [4.69, 9.17) is 14.9 Å². The average Bonchev–Trinajstić information content (AvgIpc) is 2.91. The second-order valence-electron chi connectivity index (χ2n) is 4.77. The van der Waals surface area contributed by atoms with Gasteiger partial charge in [0.1, 0.15) is 17.3 Å². The predicted molar refractivity (Wildman–Crippen MR) is 79.8 cm³/mol. The molecule has 3 aromatic rings. The van der Waals surface area contributed by atoms with E-state index >= 15 is 0 Å². The fraction of sp³-hybridized carbons (Fsp3) is 0.176. The van der Waals surface area contributed by atoms with Crippen molar-refractivity contribution in [3.63, 3.8) is 0 Å². The highest BCUT2D eigenvalue weighted by atomic mass is 16.5. The van der Waals surface area contributed by atoms with Crippen LogP contribution in [0.2, 0.25) is 0 Å². The second-order valence-corrected chi connectivity index (χ2v) is 4.77. The number of nitrogens with two attached hydrogens (primary N) is 1. The molecule has 1 aromatic heterocycles. The molecule has 0 aliphatic rings. The molecule has 1 unspecified atom stereocenters. The second kappa shape index (κ2) is 5.39. The van der Waals surface area contributed by atoms with Gasteiger partial charge in [0.05, 0.1) is 0 Å². The zero-order valence-electron chi connectivity index (χ0n) is 11.4. The van der Waals surface area contributed by atoms with Crippen molar-refractivity contribution in [1.29, 1.82) is 0 Å². The van der Waals surface area contributed by atoms with Gasteiger partial charge in [-0.25, -0.2) is 0 Å². The minimum atomic E-state index is -0.269. The highest BCUT2D eigenvalue weighted by molar-refractivity contribution is 5.88. The number of hydrogen-bond donors (Lipinski definition) is 1. The summed E-state index contributed by atoms with van der Waals surface area (Å²) in [5.41, 5.74) is 5.82. The number of hydrogen-bond acceptors (Lipinski definition) is 3. The quantitative estimate of drug-likeness (QED) is 0.781. The largest absolute Gasteiger partial charge is 0.480 e. The Bertz CT molecular complexity index is 712. The molecule has 0 amide bonds. The maximum atomic E-state index is 6.06. The van der Waals surface area contributed by atoms with Crippen LogP contribution >= 0.6 is 0 Å². The monoisotopic (exact) mass is 267 g/mol. The van der Waals surface area contributed by atoms with E-state index < -0.39 is 0 Å². The molecular weight excluding hydrogens is 250 g/mol. The number of furan rings is 1.